The second kappa shape index (κ2) is 10.7. The smallest absolute Gasteiger partial charge is 0.190 e. The normalized spacial score (nSPS) is 30.0. The number of aliphatic imine (C=N–C) groups is 1. The van der Waals surface area contributed by atoms with E-state index in [1.807, 2.05) is 7.05 Å². The quantitative estimate of drug-likeness (QED) is 0.407. The standard InChI is InChI=1S/C17H34N4.HI/c1-14-5-4-6-15(11-14)7-9-19-17(18-2)20-12-16-8-10-21(3)13-16;/h14-16H,4-13H2,1-3H3,(H2,18,19,20);1H. The van der Waals surface area contributed by atoms with E-state index in [0.717, 1.165) is 36.8 Å². The van der Waals surface area contributed by atoms with Crippen LogP contribution in [0, 0.1) is 17.8 Å². The maximum atomic E-state index is 4.35. The number of nitrogens with zero attached hydrogens (tertiary/aromatic N) is 2. The second-order valence-corrected chi connectivity index (χ2v) is 7.22. The van der Waals surface area contributed by atoms with E-state index in [1.54, 1.807) is 0 Å². The molecule has 1 saturated heterocycles. The zero-order chi connectivity index (χ0) is 15.1. The molecule has 2 rings (SSSR count). The molecule has 0 bridgehead atoms. The van der Waals surface area contributed by atoms with E-state index in [4.69, 9.17) is 0 Å². The van der Waals surface area contributed by atoms with Crippen LogP contribution in [0.15, 0.2) is 4.99 Å². The van der Waals surface area contributed by atoms with Crippen molar-refractivity contribution in [3.05, 3.63) is 0 Å². The van der Waals surface area contributed by atoms with Crippen LogP contribution < -0.4 is 10.6 Å². The molecule has 0 spiro atoms. The molecule has 2 aliphatic rings. The Hall–Kier alpha value is -0.0400. The van der Waals surface area contributed by atoms with Crippen molar-refractivity contribution in [1.82, 2.24) is 15.5 Å². The molecule has 1 heterocycles. The highest BCUT2D eigenvalue weighted by molar-refractivity contribution is 14.0. The van der Waals surface area contributed by atoms with Crippen LogP contribution in [0.1, 0.15) is 45.4 Å². The molecule has 1 saturated carbocycles. The number of guanidine groups is 1. The summed E-state index contributed by atoms with van der Waals surface area (Å²) < 4.78 is 0. The maximum absolute atomic E-state index is 4.35. The third-order valence-corrected chi connectivity index (χ3v) is 5.16. The Labute approximate surface area is 153 Å². The average Bonchev–Trinajstić information content (AvgIpc) is 2.88. The molecule has 5 heteroatoms. The van der Waals surface area contributed by atoms with E-state index in [9.17, 15) is 0 Å². The molecule has 4 nitrogen and oxygen atoms in total. The molecule has 3 unspecified atom stereocenters. The summed E-state index contributed by atoms with van der Waals surface area (Å²) in [6.07, 6.45) is 8.29. The van der Waals surface area contributed by atoms with E-state index in [2.05, 4.69) is 34.5 Å². The Morgan fingerprint density at radius 1 is 1.18 bits per heavy atom. The van der Waals surface area contributed by atoms with Crippen molar-refractivity contribution in [3.8, 4) is 0 Å². The molecule has 0 aromatic rings. The predicted octanol–water partition coefficient (Wildman–Crippen LogP) is 2.94. The van der Waals surface area contributed by atoms with Crippen LogP contribution in [0.4, 0.5) is 0 Å². The van der Waals surface area contributed by atoms with Gasteiger partial charge in [-0.3, -0.25) is 4.99 Å². The van der Waals surface area contributed by atoms with Gasteiger partial charge in [0.15, 0.2) is 5.96 Å². The molecule has 0 aromatic heterocycles. The van der Waals surface area contributed by atoms with Gasteiger partial charge < -0.3 is 15.5 Å². The number of hydrogen-bond acceptors (Lipinski definition) is 2. The molecule has 2 fully saturated rings. The van der Waals surface area contributed by atoms with E-state index in [1.165, 1.54) is 51.6 Å². The third-order valence-electron chi connectivity index (χ3n) is 5.16. The molecule has 0 radical (unpaired) electrons. The highest BCUT2D eigenvalue weighted by Crippen LogP contribution is 2.30. The summed E-state index contributed by atoms with van der Waals surface area (Å²) in [5, 5.41) is 6.98. The lowest BCUT2D eigenvalue weighted by atomic mass is 9.81. The lowest BCUT2D eigenvalue weighted by Crippen LogP contribution is -2.41. The van der Waals surface area contributed by atoms with Crippen molar-refractivity contribution in [2.45, 2.75) is 45.4 Å². The molecule has 1 aliphatic heterocycles. The second-order valence-electron chi connectivity index (χ2n) is 7.22. The Kier molecular flexibility index (Phi) is 9.71. The number of halogens is 1. The maximum Gasteiger partial charge on any atom is 0.190 e. The summed E-state index contributed by atoms with van der Waals surface area (Å²) in [5.41, 5.74) is 0. The van der Waals surface area contributed by atoms with Crippen LogP contribution in [0.5, 0.6) is 0 Å². The van der Waals surface area contributed by atoms with E-state index in [-0.39, 0.29) is 24.0 Å². The minimum Gasteiger partial charge on any atom is -0.356 e. The number of likely N-dealkylation sites (tertiary alicyclic amines) is 1. The fraction of sp³-hybridized carbons (Fsp3) is 0.941. The van der Waals surface area contributed by atoms with E-state index < -0.39 is 0 Å². The molecule has 22 heavy (non-hydrogen) atoms. The first-order valence-corrected chi connectivity index (χ1v) is 8.80. The van der Waals surface area contributed by atoms with Crippen LogP contribution >= 0.6 is 24.0 Å². The molecular weight excluding hydrogens is 387 g/mol. The zero-order valence-corrected chi connectivity index (χ0v) is 16.9. The van der Waals surface area contributed by atoms with Gasteiger partial charge in [-0.1, -0.05) is 26.2 Å². The van der Waals surface area contributed by atoms with Gasteiger partial charge in [0, 0.05) is 26.7 Å². The molecule has 130 valence electrons. The SMILES string of the molecule is CN=C(NCCC1CCCC(C)C1)NCC1CCN(C)C1.I. The first kappa shape index (κ1) is 20.0. The summed E-state index contributed by atoms with van der Waals surface area (Å²) in [7, 11) is 4.08. The Morgan fingerprint density at radius 3 is 2.64 bits per heavy atom. The van der Waals surface area contributed by atoms with Gasteiger partial charge in [-0.15, -0.1) is 24.0 Å². The summed E-state index contributed by atoms with van der Waals surface area (Å²) >= 11 is 0. The molecular formula is C17H35IN4. The summed E-state index contributed by atoms with van der Waals surface area (Å²) in [6.45, 7) is 6.95. The van der Waals surface area contributed by atoms with Crippen LogP contribution in [-0.2, 0) is 0 Å². The lowest BCUT2D eigenvalue weighted by Gasteiger charge is -2.27. The lowest BCUT2D eigenvalue weighted by molar-refractivity contribution is 0.270. The number of rotatable bonds is 5. The van der Waals surface area contributed by atoms with Gasteiger partial charge in [-0.05, 0) is 50.6 Å². The fourth-order valence-electron chi connectivity index (χ4n) is 3.87. The fourth-order valence-corrected chi connectivity index (χ4v) is 3.87. The van der Waals surface area contributed by atoms with Crippen LogP contribution in [0.3, 0.4) is 0 Å². The highest BCUT2D eigenvalue weighted by atomic mass is 127. The first-order valence-electron chi connectivity index (χ1n) is 8.80. The minimum atomic E-state index is 0. The minimum absolute atomic E-state index is 0. The number of nitrogens with one attached hydrogen (secondary N) is 2. The summed E-state index contributed by atoms with van der Waals surface area (Å²) in [4.78, 5) is 6.76. The molecule has 0 amide bonds. The third kappa shape index (κ3) is 7.02. The highest BCUT2D eigenvalue weighted by Gasteiger charge is 2.20. The average molecular weight is 422 g/mol. The van der Waals surface area contributed by atoms with Gasteiger partial charge >= 0.3 is 0 Å². The first-order chi connectivity index (χ1) is 10.2. The zero-order valence-electron chi connectivity index (χ0n) is 14.6. The van der Waals surface area contributed by atoms with Crippen molar-refractivity contribution in [2.75, 3.05) is 40.3 Å². The van der Waals surface area contributed by atoms with E-state index >= 15 is 0 Å². The molecule has 2 N–H and O–H groups in total. The van der Waals surface area contributed by atoms with Crippen molar-refractivity contribution in [1.29, 1.82) is 0 Å². The predicted molar refractivity (Wildman–Crippen MR) is 106 cm³/mol. The van der Waals surface area contributed by atoms with Crippen molar-refractivity contribution < 1.29 is 0 Å². The Balaban J connectivity index is 0.00000242. The van der Waals surface area contributed by atoms with Gasteiger partial charge in [0.2, 0.25) is 0 Å². The topological polar surface area (TPSA) is 39.7 Å². The monoisotopic (exact) mass is 422 g/mol. The van der Waals surface area contributed by atoms with Gasteiger partial charge in [-0.2, -0.15) is 0 Å². The van der Waals surface area contributed by atoms with Crippen molar-refractivity contribution >= 4 is 29.9 Å². The van der Waals surface area contributed by atoms with Gasteiger partial charge in [0.1, 0.15) is 0 Å². The molecule has 0 aromatic carbocycles. The molecule has 1 aliphatic carbocycles. The van der Waals surface area contributed by atoms with Crippen molar-refractivity contribution in [3.63, 3.8) is 0 Å². The van der Waals surface area contributed by atoms with Gasteiger partial charge in [0.25, 0.3) is 0 Å². The summed E-state index contributed by atoms with van der Waals surface area (Å²) in [5.74, 6) is 3.60. The van der Waals surface area contributed by atoms with Crippen LogP contribution in [0.25, 0.3) is 0 Å². The van der Waals surface area contributed by atoms with Gasteiger partial charge in [-0.25, -0.2) is 0 Å². The van der Waals surface area contributed by atoms with Gasteiger partial charge in [0.05, 0.1) is 0 Å². The van der Waals surface area contributed by atoms with E-state index in [0.29, 0.717) is 0 Å². The van der Waals surface area contributed by atoms with Crippen molar-refractivity contribution in [2.24, 2.45) is 22.7 Å². The largest absolute Gasteiger partial charge is 0.356 e. The Morgan fingerprint density at radius 2 is 2.00 bits per heavy atom. The summed E-state index contributed by atoms with van der Waals surface area (Å²) in [6, 6.07) is 0. The number of hydrogen-bond donors (Lipinski definition) is 2. The Bertz CT molecular complexity index is 335. The van der Waals surface area contributed by atoms with Crippen LogP contribution in [0.2, 0.25) is 0 Å². The molecule has 3 atom stereocenters. The van der Waals surface area contributed by atoms with Crippen LogP contribution in [-0.4, -0.2) is 51.1 Å².